The van der Waals surface area contributed by atoms with Gasteiger partial charge in [0.05, 0.1) is 18.4 Å². The molecule has 0 unspecified atom stereocenters. The van der Waals surface area contributed by atoms with E-state index in [1.807, 2.05) is 6.07 Å². The standard InChI is InChI=1S/C16H17N5O5/c22-14(17-7-11-8-20(19-18-11)9-16(24)25)5-6-21-12-3-1-2-4-13(12)26-10-15(21)23/h1-4,8H,5-7,9-10H2,(H,17,22)(H,24,25). The molecule has 0 atom stereocenters. The monoisotopic (exact) mass is 359 g/mol. The number of aromatic nitrogens is 3. The van der Waals surface area contributed by atoms with Gasteiger partial charge in [0.25, 0.3) is 5.91 Å². The van der Waals surface area contributed by atoms with Crippen LogP contribution in [0.15, 0.2) is 30.5 Å². The Kier molecular flexibility index (Phi) is 5.11. The number of carboxylic acid groups (broad SMARTS) is 1. The molecule has 0 saturated carbocycles. The number of nitrogens with zero attached hydrogens (tertiary/aromatic N) is 4. The van der Waals surface area contributed by atoms with Gasteiger partial charge in [0.1, 0.15) is 18.0 Å². The van der Waals surface area contributed by atoms with Crippen LogP contribution in [0.1, 0.15) is 12.1 Å². The van der Waals surface area contributed by atoms with Gasteiger partial charge in [0.2, 0.25) is 5.91 Å². The normalized spacial score (nSPS) is 13.1. The number of anilines is 1. The summed E-state index contributed by atoms with van der Waals surface area (Å²) in [5, 5.41) is 18.8. The maximum atomic E-state index is 12.0. The molecule has 3 rings (SSSR count). The molecule has 1 aliphatic heterocycles. The van der Waals surface area contributed by atoms with Crippen molar-refractivity contribution in [3.05, 3.63) is 36.2 Å². The minimum atomic E-state index is -1.03. The van der Waals surface area contributed by atoms with E-state index in [2.05, 4.69) is 15.6 Å². The average molecular weight is 359 g/mol. The molecule has 136 valence electrons. The molecule has 10 heteroatoms. The maximum Gasteiger partial charge on any atom is 0.325 e. The molecule has 1 aliphatic rings. The lowest BCUT2D eigenvalue weighted by Crippen LogP contribution is -2.41. The summed E-state index contributed by atoms with van der Waals surface area (Å²) in [5.74, 6) is -0.869. The van der Waals surface area contributed by atoms with Crippen molar-refractivity contribution in [2.24, 2.45) is 0 Å². The van der Waals surface area contributed by atoms with Crippen LogP contribution in [0.2, 0.25) is 0 Å². The molecule has 1 aromatic carbocycles. The van der Waals surface area contributed by atoms with Crippen LogP contribution in [0.3, 0.4) is 0 Å². The Bertz CT molecular complexity index is 834. The third-order valence-electron chi connectivity index (χ3n) is 3.72. The molecule has 26 heavy (non-hydrogen) atoms. The number of para-hydroxylation sites is 2. The van der Waals surface area contributed by atoms with Crippen LogP contribution in [0.25, 0.3) is 0 Å². The Morgan fingerprint density at radius 3 is 2.92 bits per heavy atom. The average Bonchev–Trinajstić information content (AvgIpc) is 3.05. The lowest BCUT2D eigenvalue weighted by Gasteiger charge is -2.29. The Morgan fingerprint density at radius 2 is 2.12 bits per heavy atom. The highest BCUT2D eigenvalue weighted by molar-refractivity contribution is 5.98. The number of amides is 2. The predicted octanol–water partition coefficient (Wildman–Crippen LogP) is -0.205. The highest BCUT2D eigenvalue weighted by Gasteiger charge is 2.25. The van der Waals surface area contributed by atoms with Gasteiger partial charge in [0, 0.05) is 13.0 Å². The first-order valence-electron chi connectivity index (χ1n) is 7.92. The highest BCUT2D eigenvalue weighted by Crippen LogP contribution is 2.31. The molecule has 10 nitrogen and oxygen atoms in total. The van der Waals surface area contributed by atoms with Crippen molar-refractivity contribution in [3.63, 3.8) is 0 Å². The summed E-state index contributed by atoms with van der Waals surface area (Å²) in [5.41, 5.74) is 1.10. The van der Waals surface area contributed by atoms with Crippen molar-refractivity contribution in [2.75, 3.05) is 18.1 Å². The number of nitrogens with one attached hydrogen (secondary N) is 1. The van der Waals surface area contributed by atoms with Crippen molar-refractivity contribution in [1.29, 1.82) is 0 Å². The van der Waals surface area contributed by atoms with E-state index in [-0.39, 0.29) is 44.5 Å². The minimum Gasteiger partial charge on any atom is -0.482 e. The number of carbonyl (C=O) groups excluding carboxylic acids is 2. The van der Waals surface area contributed by atoms with E-state index in [0.29, 0.717) is 17.1 Å². The zero-order chi connectivity index (χ0) is 18.5. The fourth-order valence-electron chi connectivity index (χ4n) is 2.53. The molecule has 2 aromatic rings. The number of hydrogen-bond acceptors (Lipinski definition) is 6. The number of benzene rings is 1. The molecule has 2 N–H and O–H groups in total. The summed E-state index contributed by atoms with van der Waals surface area (Å²) in [6, 6.07) is 7.16. The minimum absolute atomic E-state index is 0.0503. The first-order valence-corrected chi connectivity index (χ1v) is 7.92. The number of rotatable bonds is 7. The van der Waals surface area contributed by atoms with Gasteiger partial charge < -0.3 is 20.1 Å². The Morgan fingerprint density at radius 1 is 1.31 bits per heavy atom. The number of ether oxygens (including phenoxy) is 1. The molecule has 2 heterocycles. The SMILES string of the molecule is O=C(O)Cn1cc(CNC(=O)CCN2C(=O)COc3ccccc32)nn1. The van der Waals surface area contributed by atoms with Crippen molar-refractivity contribution in [1.82, 2.24) is 20.3 Å². The highest BCUT2D eigenvalue weighted by atomic mass is 16.5. The first kappa shape index (κ1) is 17.4. The third kappa shape index (κ3) is 4.15. The molecule has 0 aliphatic carbocycles. The van der Waals surface area contributed by atoms with Gasteiger partial charge in [-0.2, -0.15) is 0 Å². The van der Waals surface area contributed by atoms with Crippen LogP contribution in [0.5, 0.6) is 5.75 Å². The summed E-state index contributed by atoms with van der Waals surface area (Å²) in [6.45, 7) is 0.0215. The van der Waals surface area contributed by atoms with Gasteiger partial charge in [-0.25, -0.2) is 4.68 Å². The summed E-state index contributed by atoms with van der Waals surface area (Å²) < 4.78 is 6.53. The van der Waals surface area contributed by atoms with E-state index in [0.717, 1.165) is 0 Å². The van der Waals surface area contributed by atoms with Crippen LogP contribution >= 0.6 is 0 Å². The number of hydrogen-bond donors (Lipinski definition) is 2. The second-order valence-electron chi connectivity index (χ2n) is 5.63. The zero-order valence-electron chi connectivity index (χ0n) is 13.8. The van der Waals surface area contributed by atoms with Crippen molar-refractivity contribution < 1.29 is 24.2 Å². The van der Waals surface area contributed by atoms with Gasteiger partial charge in [-0.15, -0.1) is 5.10 Å². The van der Waals surface area contributed by atoms with Gasteiger partial charge >= 0.3 is 5.97 Å². The maximum absolute atomic E-state index is 12.0. The largest absolute Gasteiger partial charge is 0.482 e. The van der Waals surface area contributed by atoms with Gasteiger partial charge in [-0.05, 0) is 12.1 Å². The third-order valence-corrected chi connectivity index (χ3v) is 3.72. The Labute approximate surface area is 148 Å². The van der Waals surface area contributed by atoms with E-state index in [4.69, 9.17) is 9.84 Å². The number of carbonyl (C=O) groups is 3. The topological polar surface area (TPSA) is 127 Å². The molecular formula is C16H17N5O5. The summed E-state index contributed by atoms with van der Waals surface area (Å²) in [6.07, 6.45) is 1.57. The quantitative estimate of drug-likeness (QED) is 0.700. The van der Waals surface area contributed by atoms with Crippen molar-refractivity contribution in [2.45, 2.75) is 19.5 Å². The fourth-order valence-corrected chi connectivity index (χ4v) is 2.53. The smallest absolute Gasteiger partial charge is 0.325 e. The number of fused-ring (bicyclic) bond motifs is 1. The summed E-state index contributed by atoms with van der Waals surface area (Å²) in [7, 11) is 0. The van der Waals surface area contributed by atoms with Crippen molar-refractivity contribution in [3.8, 4) is 5.75 Å². The summed E-state index contributed by atoms with van der Waals surface area (Å²) >= 11 is 0. The molecule has 0 saturated heterocycles. The van der Waals surface area contributed by atoms with Crippen LogP contribution in [-0.2, 0) is 27.5 Å². The lowest BCUT2D eigenvalue weighted by atomic mass is 10.2. The number of carboxylic acids is 1. The molecule has 1 aromatic heterocycles. The van der Waals surface area contributed by atoms with Crippen molar-refractivity contribution >= 4 is 23.5 Å². The summed E-state index contributed by atoms with van der Waals surface area (Å²) in [4.78, 5) is 36.2. The van der Waals surface area contributed by atoms with E-state index in [1.54, 1.807) is 18.2 Å². The van der Waals surface area contributed by atoms with Crippen LogP contribution < -0.4 is 15.0 Å². The van der Waals surface area contributed by atoms with E-state index in [9.17, 15) is 14.4 Å². The Hall–Kier alpha value is -3.43. The van der Waals surface area contributed by atoms with Gasteiger partial charge in [0.15, 0.2) is 6.61 Å². The fraction of sp³-hybridized carbons (Fsp3) is 0.312. The number of aliphatic carboxylic acids is 1. The zero-order valence-corrected chi connectivity index (χ0v) is 13.8. The molecule has 0 spiro atoms. The molecular weight excluding hydrogens is 342 g/mol. The molecule has 0 radical (unpaired) electrons. The van der Waals surface area contributed by atoms with E-state index < -0.39 is 5.97 Å². The lowest BCUT2D eigenvalue weighted by molar-refractivity contribution is -0.138. The van der Waals surface area contributed by atoms with Gasteiger partial charge in [-0.3, -0.25) is 14.4 Å². The molecule has 2 amide bonds. The van der Waals surface area contributed by atoms with E-state index >= 15 is 0 Å². The second kappa shape index (κ2) is 7.64. The van der Waals surface area contributed by atoms with Crippen LogP contribution in [0.4, 0.5) is 5.69 Å². The predicted molar refractivity (Wildman–Crippen MR) is 88.4 cm³/mol. The second-order valence-corrected chi connectivity index (χ2v) is 5.63. The first-order chi connectivity index (χ1) is 12.5. The van der Waals surface area contributed by atoms with E-state index in [1.165, 1.54) is 15.8 Å². The molecule has 0 bridgehead atoms. The van der Waals surface area contributed by atoms with Crippen LogP contribution in [-0.4, -0.2) is 51.0 Å². The molecule has 0 fully saturated rings. The Balaban J connectivity index is 1.51. The van der Waals surface area contributed by atoms with Gasteiger partial charge in [-0.1, -0.05) is 17.3 Å². The van der Waals surface area contributed by atoms with Crippen LogP contribution in [0, 0.1) is 0 Å².